The molecule has 0 N–H and O–H groups in total. The minimum atomic E-state index is -3.18. The summed E-state index contributed by atoms with van der Waals surface area (Å²) >= 11 is 5.94. The highest BCUT2D eigenvalue weighted by molar-refractivity contribution is 7.88. The molecule has 2 unspecified atom stereocenters. The number of benzene rings is 2. The van der Waals surface area contributed by atoms with Gasteiger partial charge in [-0.3, -0.25) is 9.80 Å². The van der Waals surface area contributed by atoms with Crippen molar-refractivity contribution < 1.29 is 17.5 Å². The molecular weight excluding hydrogens is 679 g/mol. The molecular formula is C36H44ClFN8O3S. The molecule has 3 aliphatic heterocycles. The molecule has 2 aromatic carbocycles. The third-order valence-electron chi connectivity index (χ3n) is 11.0. The highest BCUT2D eigenvalue weighted by Gasteiger charge is 2.44. The summed E-state index contributed by atoms with van der Waals surface area (Å²) in [5.74, 6) is 0.805. The summed E-state index contributed by atoms with van der Waals surface area (Å²) in [7, 11) is -1.25. The van der Waals surface area contributed by atoms with Crippen molar-refractivity contribution in [3.8, 4) is 17.7 Å². The number of hydrogen-bond acceptors (Lipinski definition) is 8. The molecule has 3 fully saturated rings. The second-order valence-corrected chi connectivity index (χ2v) is 16.8. The Labute approximate surface area is 298 Å². The zero-order chi connectivity index (χ0) is 35.4. The lowest BCUT2D eigenvalue weighted by Crippen LogP contribution is -2.51. The Bertz CT molecular complexity index is 2070. The first-order valence-electron chi connectivity index (χ1n) is 17.2. The number of halogens is 2. The number of fused-ring (bicyclic) bond motifs is 1. The van der Waals surface area contributed by atoms with E-state index in [1.165, 1.54) is 33.8 Å². The smallest absolute Gasteiger partial charge is 0.262 e. The molecule has 2 atom stereocenters. The van der Waals surface area contributed by atoms with Crippen LogP contribution in [0.4, 0.5) is 10.2 Å². The van der Waals surface area contributed by atoms with Crippen LogP contribution in [0.3, 0.4) is 0 Å². The Balaban J connectivity index is 1.02. The number of hydrogen-bond donors (Lipinski definition) is 0. The number of aromatic nitrogens is 3. The number of sulfonamides is 1. The molecule has 0 amide bonds. The van der Waals surface area contributed by atoms with E-state index in [2.05, 4.69) is 56.3 Å². The van der Waals surface area contributed by atoms with E-state index in [9.17, 15) is 18.1 Å². The molecule has 14 heteroatoms. The number of nitriles is 1. The van der Waals surface area contributed by atoms with Crippen molar-refractivity contribution in [3.63, 3.8) is 0 Å². The Morgan fingerprint density at radius 3 is 2.56 bits per heavy atom. The number of aryl methyl sites for hydroxylation is 2. The van der Waals surface area contributed by atoms with E-state index in [0.717, 1.165) is 62.3 Å². The van der Waals surface area contributed by atoms with Crippen molar-refractivity contribution in [2.75, 3.05) is 63.5 Å². The van der Waals surface area contributed by atoms with Crippen LogP contribution in [0.15, 0.2) is 42.7 Å². The van der Waals surface area contributed by atoms with Gasteiger partial charge in [-0.05, 0) is 74.7 Å². The standard InChI is InChI=1S/C36H44ClFN8O3S/c1-25(43-13-15-45(16-14-43)50(4,47)48)20-46-29(19-39)18-30-26(2)27(5-7-32(30)46)21-42-11-9-36(22-42)10-12-44(23-36)35-34(40-24-41(35)3)49-33-8-6-28(37)17-31(33)38/h5-8,17-18,24-25H,9-16,20-23H2,1-4H3. The maximum atomic E-state index is 14.5. The van der Waals surface area contributed by atoms with Gasteiger partial charge < -0.3 is 18.8 Å². The summed E-state index contributed by atoms with van der Waals surface area (Å²) in [5.41, 5.74) is 4.31. The molecule has 266 valence electrons. The predicted octanol–water partition coefficient (Wildman–Crippen LogP) is 5.21. The maximum Gasteiger partial charge on any atom is 0.262 e. The zero-order valence-electron chi connectivity index (χ0n) is 29.1. The van der Waals surface area contributed by atoms with Crippen LogP contribution in [0.25, 0.3) is 10.9 Å². The third-order valence-corrected chi connectivity index (χ3v) is 12.6. The van der Waals surface area contributed by atoms with Crippen LogP contribution >= 0.6 is 11.6 Å². The van der Waals surface area contributed by atoms with Crippen molar-refractivity contribution in [1.29, 1.82) is 5.26 Å². The molecule has 7 rings (SSSR count). The van der Waals surface area contributed by atoms with Crippen LogP contribution in [-0.4, -0.2) is 101 Å². The predicted molar refractivity (Wildman–Crippen MR) is 193 cm³/mol. The van der Waals surface area contributed by atoms with Gasteiger partial charge in [0.25, 0.3) is 5.88 Å². The van der Waals surface area contributed by atoms with Gasteiger partial charge in [-0.25, -0.2) is 17.8 Å². The lowest BCUT2D eigenvalue weighted by atomic mass is 9.86. The molecule has 0 saturated carbocycles. The Hall–Kier alpha value is -3.67. The molecule has 2 aromatic heterocycles. The molecule has 5 heterocycles. The van der Waals surface area contributed by atoms with Gasteiger partial charge >= 0.3 is 0 Å². The average Bonchev–Trinajstić information content (AvgIpc) is 3.86. The first kappa shape index (κ1) is 34.8. The molecule has 3 saturated heterocycles. The highest BCUT2D eigenvalue weighted by Crippen LogP contribution is 2.44. The highest BCUT2D eigenvalue weighted by atomic mass is 35.5. The first-order chi connectivity index (χ1) is 23.8. The summed E-state index contributed by atoms with van der Waals surface area (Å²) in [4.78, 5) is 11.6. The van der Waals surface area contributed by atoms with Crippen LogP contribution in [-0.2, 0) is 30.2 Å². The van der Waals surface area contributed by atoms with Crippen LogP contribution in [0.1, 0.15) is 36.6 Å². The number of anilines is 1. The molecule has 0 aliphatic carbocycles. The fourth-order valence-electron chi connectivity index (χ4n) is 8.19. The van der Waals surface area contributed by atoms with E-state index in [-0.39, 0.29) is 17.2 Å². The second kappa shape index (κ2) is 13.5. The van der Waals surface area contributed by atoms with E-state index >= 15 is 0 Å². The lowest BCUT2D eigenvalue weighted by Gasteiger charge is -2.37. The Morgan fingerprint density at radius 2 is 1.84 bits per heavy atom. The molecule has 1 spiro atoms. The first-order valence-corrected chi connectivity index (χ1v) is 19.4. The van der Waals surface area contributed by atoms with Gasteiger partial charge in [0.15, 0.2) is 17.4 Å². The quantitative estimate of drug-likeness (QED) is 0.232. The van der Waals surface area contributed by atoms with Gasteiger partial charge in [0, 0.05) is 93.3 Å². The van der Waals surface area contributed by atoms with Crippen LogP contribution in [0, 0.1) is 29.5 Å². The normalized spacial score (nSPS) is 21.4. The Kier molecular flexibility index (Phi) is 9.36. The minimum absolute atomic E-state index is 0.0966. The summed E-state index contributed by atoms with van der Waals surface area (Å²) < 4.78 is 50.0. The SMILES string of the molecule is Cc1c(CN2CCC3(CCN(c4c(Oc5ccc(Cl)cc5F)ncn4C)C3)C2)ccc2c1cc(C#N)n2CC(C)N1CCN(S(C)(=O)=O)CC1. The minimum Gasteiger partial charge on any atom is -0.433 e. The number of ether oxygens (including phenoxy) is 1. The van der Waals surface area contributed by atoms with E-state index < -0.39 is 15.8 Å². The van der Waals surface area contributed by atoms with Crippen molar-refractivity contribution >= 4 is 38.3 Å². The molecule has 11 nitrogen and oxygen atoms in total. The second-order valence-electron chi connectivity index (χ2n) is 14.4. The van der Waals surface area contributed by atoms with Gasteiger partial charge in [-0.1, -0.05) is 17.7 Å². The lowest BCUT2D eigenvalue weighted by molar-refractivity contribution is 0.135. The van der Waals surface area contributed by atoms with Crippen LogP contribution < -0.4 is 9.64 Å². The fourth-order valence-corrected chi connectivity index (χ4v) is 9.17. The van der Waals surface area contributed by atoms with Gasteiger partial charge in [-0.15, -0.1) is 0 Å². The summed E-state index contributed by atoms with van der Waals surface area (Å²) in [6, 6.07) is 13.3. The van der Waals surface area contributed by atoms with Gasteiger partial charge in [0.2, 0.25) is 10.0 Å². The summed E-state index contributed by atoms with van der Waals surface area (Å²) in [5, 5.41) is 11.5. The zero-order valence-corrected chi connectivity index (χ0v) is 30.6. The number of likely N-dealkylation sites (tertiary alicyclic amines) is 1. The number of rotatable bonds is 9. The molecule has 0 radical (unpaired) electrons. The van der Waals surface area contributed by atoms with Crippen molar-refractivity contribution in [1.82, 2.24) is 28.2 Å². The van der Waals surface area contributed by atoms with Crippen molar-refractivity contribution in [2.24, 2.45) is 12.5 Å². The monoisotopic (exact) mass is 722 g/mol. The third kappa shape index (κ3) is 6.72. The van der Waals surface area contributed by atoms with Gasteiger partial charge in [0.05, 0.1) is 6.26 Å². The number of nitrogens with zero attached hydrogens (tertiary/aromatic N) is 8. The van der Waals surface area contributed by atoms with E-state index in [4.69, 9.17) is 16.3 Å². The van der Waals surface area contributed by atoms with Gasteiger partial charge in [0.1, 0.15) is 18.1 Å². The van der Waals surface area contributed by atoms with Crippen LogP contribution in [0.5, 0.6) is 11.6 Å². The number of imidazole rings is 1. The molecule has 4 aromatic rings. The molecule has 0 bridgehead atoms. The Morgan fingerprint density at radius 1 is 1.08 bits per heavy atom. The largest absolute Gasteiger partial charge is 0.433 e. The number of piperazine rings is 1. The van der Waals surface area contributed by atoms with E-state index in [0.29, 0.717) is 49.3 Å². The summed E-state index contributed by atoms with van der Waals surface area (Å²) in [6.45, 7) is 11.9. The van der Waals surface area contributed by atoms with Gasteiger partial charge in [-0.2, -0.15) is 9.57 Å². The fraction of sp³-hybridized carbons (Fsp3) is 0.500. The average molecular weight is 723 g/mol. The van der Waals surface area contributed by atoms with Crippen molar-refractivity contribution in [3.05, 3.63) is 70.4 Å². The van der Waals surface area contributed by atoms with Crippen LogP contribution in [0.2, 0.25) is 5.02 Å². The summed E-state index contributed by atoms with van der Waals surface area (Å²) in [6.07, 6.45) is 5.12. The van der Waals surface area contributed by atoms with E-state index in [1.807, 2.05) is 17.7 Å². The maximum absolute atomic E-state index is 14.5. The topological polar surface area (TPSA) is 103 Å². The molecule has 50 heavy (non-hydrogen) atoms. The molecule has 3 aliphatic rings. The van der Waals surface area contributed by atoms with E-state index in [1.54, 1.807) is 12.4 Å². The van der Waals surface area contributed by atoms with Crippen molar-refractivity contribution in [2.45, 2.75) is 45.8 Å².